The second kappa shape index (κ2) is 11.5. The summed E-state index contributed by atoms with van der Waals surface area (Å²) in [7, 11) is 0. The number of hydrogen-bond acceptors (Lipinski definition) is 7. The molecular weight excluding hydrogens is 524 g/mol. The minimum atomic E-state index is -0.124. The lowest BCUT2D eigenvalue weighted by molar-refractivity contribution is -0.125. The Morgan fingerprint density at radius 2 is 1.68 bits per heavy atom. The van der Waals surface area contributed by atoms with Gasteiger partial charge in [-0.3, -0.25) is 14.5 Å². The standard InChI is InChI=1S/C32H30N2O5S/c35-23-10-15-27-28(19-23)40-32(30(37)22-7-2-1-3-8-22)31(27)39-25-13-11-24(12-14-25)38-26-20-33(21-26)16-6-9-29(36)34-17-4-5-18-34/h1-3,6-15,19,26,35H,4-5,16-18,20-21H2/b9-6+. The Kier molecular flexibility index (Phi) is 7.53. The highest BCUT2D eigenvalue weighted by molar-refractivity contribution is 7.21. The molecule has 0 spiro atoms. The molecule has 8 heteroatoms. The number of benzene rings is 3. The van der Waals surface area contributed by atoms with Crippen molar-refractivity contribution in [3.8, 4) is 23.0 Å². The quantitative estimate of drug-likeness (QED) is 0.206. The molecule has 3 heterocycles. The zero-order valence-electron chi connectivity index (χ0n) is 22.0. The summed E-state index contributed by atoms with van der Waals surface area (Å²) in [5.41, 5.74) is 0.579. The number of ketones is 1. The molecule has 1 aromatic heterocycles. The number of rotatable bonds is 9. The second-order valence-electron chi connectivity index (χ2n) is 10.1. The van der Waals surface area contributed by atoms with E-state index in [9.17, 15) is 14.7 Å². The van der Waals surface area contributed by atoms with E-state index < -0.39 is 0 Å². The van der Waals surface area contributed by atoms with Crippen LogP contribution in [-0.4, -0.2) is 65.4 Å². The van der Waals surface area contributed by atoms with E-state index in [1.54, 1.807) is 36.4 Å². The van der Waals surface area contributed by atoms with Crippen molar-refractivity contribution in [1.29, 1.82) is 0 Å². The van der Waals surface area contributed by atoms with Crippen LogP contribution in [-0.2, 0) is 4.79 Å². The smallest absolute Gasteiger partial charge is 0.246 e. The first-order valence-electron chi connectivity index (χ1n) is 13.5. The largest absolute Gasteiger partial charge is 0.508 e. The van der Waals surface area contributed by atoms with E-state index in [0.717, 1.165) is 61.4 Å². The maximum absolute atomic E-state index is 13.3. The number of ether oxygens (including phenoxy) is 2. The summed E-state index contributed by atoms with van der Waals surface area (Å²) in [6.45, 7) is 4.09. The molecule has 0 atom stereocenters. The van der Waals surface area contributed by atoms with Crippen LogP contribution in [0.1, 0.15) is 28.1 Å². The van der Waals surface area contributed by atoms with E-state index in [2.05, 4.69) is 4.90 Å². The summed E-state index contributed by atoms with van der Waals surface area (Å²) in [6, 6.07) is 21.5. The molecule has 2 aliphatic heterocycles. The molecular formula is C32H30N2O5S. The monoisotopic (exact) mass is 554 g/mol. The molecule has 0 unspecified atom stereocenters. The van der Waals surface area contributed by atoms with Gasteiger partial charge in [-0.15, -0.1) is 11.3 Å². The van der Waals surface area contributed by atoms with Crippen LogP contribution >= 0.6 is 11.3 Å². The molecule has 2 saturated heterocycles. The van der Waals surface area contributed by atoms with Crippen molar-refractivity contribution in [2.75, 3.05) is 32.7 Å². The average molecular weight is 555 g/mol. The molecule has 3 aromatic carbocycles. The molecule has 0 radical (unpaired) electrons. The summed E-state index contributed by atoms with van der Waals surface area (Å²) in [5.74, 6) is 1.94. The van der Waals surface area contributed by atoms with Gasteiger partial charge in [0.15, 0.2) is 5.75 Å². The zero-order chi connectivity index (χ0) is 27.5. The van der Waals surface area contributed by atoms with Gasteiger partial charge >= 0.3 is 0 Å². The van der Waals surface area contributed by atoms with Gasteiger partial charge in [0.25, 0.3) is 0 Å². The third kappa shape index (κ3) is 5.73. The highest BCUT2D eigenvalue weighted by atomic mass is 32.1. The molecule has 0 saturated carbocycles. The lowest BCUT2D eigenvalue weighted by Gasteiger charge is -2.38. The molecule has 7 nitrogen and oxygen atoms in total. The van der Waals surface area contributed by atoms with Crippen LogP contribution in [0.5, 0.6) is 23.0 Å². The number of thiophene rings is 1. The number of amides is 1. The van der Waals surface area contributed by atoms with Crippen LogP contribution in [0.4, 0.5) is 0 Å². The second-order valence-corrected chi connectivity index (χ2v) is 11.2. The van der Waals surface area contributed by atoms with Crippen molar-refractivity contribution in [3.05, 3.63) is 95.4 Å². The molecule has 0 bridgehead atoms. The molecule has 0 aliphatic carbocycles. The summed E-state index contributed by atoms with van der Waals surface area (Å²) in [5, 5.41) is 10.7. The molecule has 4 aromatic rings. The Morgan fingerprint density at radius 3 is 2.42 bits per heavy atom. The third-order valence-electron chi connectivity index (χ3n) is 7.18. The number of carbonyl (C=O) groups excluding carboxylic acids is 2. The highest BCUT2D eigenvalue weighted by Crippen LogP contribution is 2.42. The predicted octanol–water partition coefficient (Wildman–Crippen LogP) is 5.87. The van der Waals surface area contributed by atoms with Crippen molar-refractivity contribution < 1.29 is 24.2 Å². The van der Waals surface area contributed by atoms with Crippen LogP contribution in [0, 0.1) is 0 Å². The first kappa shape index (κ1) is 26.1. The van der Waals surface area contributed by atoms with E-state index in [1.165, 1.54) is 11.3 Å². The van der Waals surface area contributed by atoms with Gasteiger partial charge in [-0.05, 0) is 55.3 Å². The lowest BCUT2D eigenvalue weighted by atomic mass is 10.1. The van der Waals surface area contributed by atoms with E-state index in [-0.39, 0.29) is 23.5 Å². The number of phenols is 1. The Balaban J connectivity index is 1.08. The Hall–Kier alpha value is -4.14. The van der Waals surface area contributed by atoms with Crippen LogP contribution in [0.3, 0.4) is 0 Å². The van der Waals surface area contributed by atoms with Crippen LogP contribution in [0.25, 0.3) is 10.1 Å². The van der Waals surface area contributed by atoms with Gasteiger partial charge in [-0.25, -0.2) is 0 Å². The molecule has 2 fully saturated rings. The molecule has 1 N–H and O–H groups in total. The minimum Gasteiger partial charge on any atom is -0.508 e. The Bertz CT molecular complexity index is 1540. The average Bonchev–Trinajstić information content (AvgIpc) is 3.61. The van der Waals surface area contributed by atoms with Crippen LogP contribution in [0.15, 0.2) is 84.9 Å². The fourth-order valence-electron chi connectivity index (χ4n) is 5.02. The van der Waals surface area contributed by atoms with Crippen molar-refractivity contribution in [2.24, 2.45) is 0 Å². The minimum absolute atomic E-state index is 0.0954. The van der Waals surface area contributed by atoms with Gasteiger partial charge in [0.05, 0.1) is 0 Å². The molecule has 2 aliphatic rings. The Morgan fingerprint density at radius 1 is 0.950 bits per heavy atom. The van der Waals surface area contributed by atoms with Gasteiger partial charge in [0.2, 0.25) is 11.7 Å². The normalized spacial score (nSPS) is 15.9. The van der Waals surface area contributed by atoms with Gasteiger partial charge < -0.3 is 19.5 Å². The molecule has 204 valence electrons. The number of aromatic hydroxyl groups is 1. The van der Waals surface area contributed by atoms with E-state index in [4.69, 9.17) is 9.47 Å². The fourth-order valence-corrected chi connectivity index (χ4v) is 6.15. The number of likely N-dealkylation sites (tertiary alicyclic amines) is 2. The SMILES string of the molecule is O=C(c1ccccc1)c1sc2cc(O)ccc2c1Oc1ccc(OC2CN(C/C=C/C(=O)N3CCCC3)C2)cc1. The van der Waals surface area contributed by atoms with Crippen molar-refractivity contribution >= 4 is 33.1 Å². The first-order chi connectivity index (χ1) is 19.5. The summed E-state index contributed by atoms with van der Waals surface area (Å²) >= 11 is 1.31. The maximum Gasteiger partial charge on any atom is 0.246 e. The number of fused-ring (bicyclic) bond motifs is 1. The molecule has 40 heavy (non-hydrogen) atoms. The van der Waals surface area contributed by atoms with Gasteiger partial charge in [-0.2, -0.15) is 0 Å². The first-order valence-corrected chi connectivity index (χ1v) is 14.3. The van der Waals surface area contributed by atoms with Gasteiger partial charge in [-0.1, -0.05) is 36.4 Å². The summed E-state index contributed by atoms with van der Waals surface area (Å²) < 4.78 is 13.2. The van der Waals surface area contributed by atoms with Gasteiger partial charge in [0, 0.05) is 54.4 Å². The van der Waals surface area contributed by atoms with Crippen molar-refractivity contribution in [3.63, 3.8) is 0 Å². The van der Waals surface area contributed by atoms with Crippen molar-refractivity contribution in [2.45, 2.75) is 18.9 Å². The lowest BCUT2D eigenvalue weighted by Crippen LogP contribution is -2.53. The fraction of sp³-hybridized carbons (Fsp3) is 0.250. The van der Waals surface area contributed by atoms with E-state index in [1.807, 2.05) is 53.4 Å². The molecule has 1 amide bonds. The van der Waals surface area contributed by atoms with Crippen molar-refractivity contribution in [1.82, 2.24) is 9.80 Å². The summed E-state index contributed by atoms with van der Waals surface area (Å²) in [6.07, 6.45) is 5.93. The number of phenolic OH excluding ortho intramolecular Hbond substituents is 1. The van der Waals surface area contributed by atoms with Crippen LogP contribution < -0.4 is 9.47 Å². The van der Waals surface area contributed by atoms with Gasteiger partial charge in [0.1, 0.15) is 28.2 Å². The molecule has 6 rings (SSSR count). The predicted molar refractivity (Wildman–Crippen MR) is 156 cm³/mol. The Labute approximate surface area is 236 Å². The summed E-state index contributed by atoms with van der Waals surface area (Å²) in [4.78, 5) is 30.1. The maximum atomic E-state index is 13.3. The number of nitrogens with zero attached hydrogens (tertiary/aromatic N) is 2. The number of hydrogen-bond donors (Lipinski definition) is 1. The highest BCUT2D eigenvalue weighted by Gasteiger charge is 2.28. The van der Waals surface area contributed by atoms with E-state index in [0.29, 0.717) is 21.9 Å². The van der Waals surface area contributed by atoms with E-state index >= 15 is 0 Å². The van der Waals surface area contributed by atoms with Crippen LogP contribution in [0.2, 0.25) is 0 Å². The zero-order valence-corrected chi connectivity index (χ0v) is 22.8. The number of carbonyl (C=O) groups is 2. The third-order valence-corrected chi connectivity index (χ3v) is 8.31. The topological polar surface area (TPSA) is 79.3 Å².